The van der Waals surface area contributed by atoms with Gasteiger partial charge < -0.3 is 35.1 Å². The van der Waals surface area contributed by atoms with Crippen molar-refractivity contribution in [1.82, 2.24) is 21.0 Å². The predicted molar refractivity (Wildman–Crippen MR) is 141 cm³/mol. The van der Waals surface area contributed by atoms with E-state index in [4.69, 9.17) is 14.3 Å². The Balaban J connectivity index is 1.42. The van der Waals surface area contributed by atoms with Crippen molar-refractivity contribution in [3.05, 3.63) is 0 Å². The van der Waals surface area contributed by atoms with Crippen LogP contribution in [0.1, 0.15) is 58.8 Å². The predicted octanol–water partition coefficient (Wildman–Crippen LogP) is 1.17. The first-order chi connectivity index (χ1) is 18.1. The molecule has 2 saturated heterocycles. The molecule has 0 radical (unpaired) electrons. The van der Waals surface area contributed by atoms with Gasteiger partial charge in [0.15, 0.2) is 0 Å². The van der Waals surface area contributed by atoms with Crippen LogP contribution >= 0.6 is 11.8 Å². The number of fused-ring (bicyclic) bond motifs is 1. The summed E-state index contributed by atoms with van der Waals surface area (Å²) in [4.78, 5) is 63.0. The van der Waals surface area contributed by atoms with E-state index in [1.165, 1.54) is 7.05 Å². The first kappa shape index (κ1) is 31.8. The molecule has 3 unspecified atom stereocenters. The molecule has 2 heterocycles. The van der Waals surface area contributed by atoms with Crippen LogP contribution in [0, 0.1) is 5.41 Å². The zero-order valence-electron chi connectivity index (χ0n) is 22.6. The Morgan fingerprint density at radius 1 is 1.11 bits per heavy atom. The van der Waals surface area contributed by atoms with Crippen LogP contribution in [0.2, 0.25) is 0 Å². The summed E-state index contributed by atoms with van der Waals surface area (Å²) < 4.78 is 11.0. The molecule has 2 aliphatic heterocycles. The number of urea groups is 1. The van der Waals surface area contributed by atoms with Gasteiger partial charge in [-0.3, -0.25) is 9.59 Å². The third-order valence-corrected chi connectivity index (χ3v) is 8.00. The molecule has 0 aromatic carbocycles. The van der Waals surface area contributed by atoms with Gasteiger partial charge in [0, 0.05) is 50.5 Å². The molecule has 0 aromatic rings. The molecule has 38 heavy (non-hydrogen) atoms. The number of hydrogen-bond acceptors (Lipinski definition) is 9. The van der Waals surface area contributed by atoms with E-state index in [0.717, 1.165) is 30.1 Å². The maximum absolute atomic E-state index is 12.3. The maximum Gasteiger partial charge on any atom is 0.338 e. The molecule has 2 fully saturated rings. The van der Waals surface area contributed by atoms with Crippen molar-refractivity contribution in [2.75, 3.05) is 45.8 Å². The van der Waals surface area contributed by atoms with E-state index in [1.807, 2.05) is 11.8 Å². The van der Waals surface area contributed by atoms with Crippen molar-refractivity contribution in [2.45, 2.75) is 76.1 Å². The number of hydrogen-bond donors (Lipinski definition) is 3. The molecule has 216 valence electrons. The topological polar surface area (TPSA) is 152 Å². The van der Waals surface area contributed by atoms with Crippen LogP contribution in [-0.4, -0.2) is 98.3 Å². The lowest BCUT2D eigenvalue weighted by atomic mass is 9.90. The lowest BCUT2D eigenvalue weighted by molar-refractivity contribution is -0.201. The highest BCUT2D eigenvalue weighted by atomic mass is 32.2. The molecule has 0 aromatic heterocycles. The number of thioether (sulfide) groups is 1. The monoisotopic (exact) mass is 558 g/mol. The molecule has 4 amide bonds. The lowest BCUT2D eigenvalue weighted by Gasteiger charge is -2.25. The quantitative estimate of drug-likeness (QED) is 0.0974. The van der Waals surface area contributed by atoms with Crippen LogP contribution in [0.4, 0.5) is 4.79 Å². The smallest absolute Gasteiger partial charge is 0.338 e. The van der Waals surface area contributed by atoms with Gasteiger partial charge >= 0.3 is 12.0 Å². The molecule has 13 heteroatoms. The molecule has 0 spiro atoms. The number of carbonyl (C=O) groups is 5. The van der Waals surface area contributed by atoms with Gasteiger partial charge in [-0.1, -0.05) is 6.42 Å². The van der Waals surface area contributed by atoms with E-state index >= 15 is 0 Å². The minimum absolute atomic E-state index is 0.00263. The fourth-order valence-corrected chi connectivity index (χ4v) is 5.56. The number of aldehydes is 1. The summed E-state index contributed by atoms with van der Waals surface area (Å²) in [6, 6.07) is 0.357. The number of rotatable bonds is 18. The Hall–Kier alpha value is -2.38. The van der Waals surface area contributed by atoms with Crippen LogP contribution in [0.25, 0.3) is 0 Å². The Labute approximate surface area is 228 Å². The standard InChI is InChI=1S/C25H42N4O8S/c1-25(2,23(33)37-29(3)21(32)9-6-12-30)10-13-35-15-16-36-14-11-26-20(31)8-5-4-7-19-22-18(17-38-19)27-24(34)28-22/h12,18-19,22H,4-11,13-17H2,1-3H3,(H,26,31)(H2,27,28,34). The first-order valence-electron chi connectivity index (χ1n) is 13.2. The second-order valence-electron chi connectivity index (χ2n) is 10.1. The number of carbonyl (C=O) groups excluding carboxylic acids is 5. The summed E-state index contributed by atoms with van der Waals surface area (Å²) in [7, 11) is 1.35. The zero-order chi connectivity index (χ0) is 28.0. The van der Waals surface area contributed by atoms with E-state index in [2.05, 4.69) is 16.0 Å². The molecular formula is C25H42N4O8S. The average Bonchev–Trinajstić information content (AvgIpc) is 3.43. The summed E-state index contributed by atoms with van der Waals surface area (Å²) in [5, 5.41) is 10.0. The van der Waals surface area contributed by atoms with Crippen LogP contribution in [0.3, 0.4) is 0 Å². The van der Waals surface area contributed by atoms with Crippen molar-refractivity contribution in [2.24, 2.45) is 5.41 Å². The number of ether oxygens (including phenoxy) is 2. The Morgan fingerprint density at radius 2 is 1.84 bits per heavy atom. The summed E-state index contributed by atoms with van der Waals surface area (Å²) in [5.74, 6) is -0.0526. The third kappa shape index (κ3) is 11.2. The Morgan fingerprint density at radius 3 is 2.58 bits per heavy atom. The van der Waals surface area contributed by atoms with Gasteiger partial charge in [-0.2, -0.15) is 16.8 Å². The molecule has 0 aliphatic carbocycles. The Kier molecular flexibility index (Phi) is 13.9. The normalized spacial score (nSPS) is 20.3. The number of nitrogens with one attached hydrogen (secondary N) is 3. The highest BCUT2D eigenvalue weighted by molar-refractivity contribution is 8.00. The van der Waals surface area contributed by atoms with E-state index in [1.54, 1.807) is 13.8 Å². The van der Waals surface area contributed by atoms with Gasteiger partial charge in [-0.25, -0.2) is 9.59 Å². The van der Waals surface area contributed by atoms with Gasteiger partial charge in [-0.15, -0.1) is 0 Å². The fourth-order valence-electron chi connectivity index (χ4n) is 4.02. The molecule has 2 rings (SSSR count). The van der Waals surface area contributed by atoms with Crippen molar-refractivity contribution in [1.29, 1.82) is 0 Å². The highest BCUT2D eigenvalue weighted by Gasteiger charge is 2.42. The number of nitrogens with zero attached hydrogens (tertiary/aromatic N) is 1. The third-order valence-electron chi connectivity index (χ3n) is 6.49. The van der Waals surface area contributed by atoms with E-state index in [-0.39, 0.29) is 36.9 Å². The SMILES string of the molecule is CN(OC(=O)C(C)(C)CCOCCOCCNC(=O)CCCCC1SCC2NC(=O)NC21)C(=O)CCC=O. The van der Waals surface area contributed by atoms with Crippen LogP contribution in [-0.2, 0) is 33.5 Å². The van der Waals surface area contributed by atoms with Crippen LogP contribution in [0.5, 0.6) is 0 Å². The number of hydroxylamine groups is 2. The molecule has 0 saturated carbocycles. The Bertz CT molecular complexity index is 812. The molecule has 3 N–H and O–H groups in total. The van der Waals surface area contributed by atoms with Gasteiger partial charge in [-0.05, 0) is 33.1 Å². The van der Waals surface area contributed by atoms with E-state index in [0.29, 0.717) is 57.4 Å². The molecule has 3 atom stereocenters. The first-order valence-corrected chi connectivity index (χ1v) is 14.2. The highest BCUT2D eigenvalue weighted by Crippen LogP contribution is 2.33. The lowest BCUT2D eigenvalue weighted by Crippen LogP contribution is -2.36. The van der Waals surface area contributed by atoms with Crippen molar-refractivity contribution in [3.63, 3.8) is 0 Å². The number of unbranched alkanes of at least 4 members (excludes halogenated alkanes) is 1. The largest absolute Gasteiger partial charge is 0.379 e. The summed E-state index contributed by atoms with van der Waals surface area (Å²) in [5.41, 5.74) is -0.855. The van der Waals surface area contributed by atoms with Gasteiger partial charge in [0.05, 0.1) is 37.3 Å². The fraction of sp³-hybridized carbons (Fsp3) is 0.800. The minimum atomic E-state index is -0.855. The van der Waals surface area contributed by atoms with Crippen molar-refractivity contribution < 1.29 is 38.3 Å². The average molecular weight is 559 g/mol. The summed E-state index contributed by atoms with van der Waals surface area (Å²) >= 11 is 1.88. The zero-order valence-corrected chi connectivity index (χ0v) is 23.4. The van der Waals surface area contributed by atoms with Crippen molar-refractivity contribution in [3.8, 4) is 0 Å². The molecular weight excluding hydrogens is 516 g/mol. The van der Waals surface area contributed by atoms with Gasteiger partial charge in [0.1, 0.15) is 6.29 Å². The molecule has 2 aliphatic rings. The summed E-state index contributed by atoms with van der Waals surface area (Å²) in [6.45, 7) is 5.24. The van der Waals surface area contributed by atoms with E-state index in [9.17, 15) is 24.0 Å². The van der Waals surface area contributed by atoms with Crippen molar-refractivity contribution >= 4 is 41.9 Å². The minimum Gasteiger partial charge on any atom is -0.379 e. The van der Waals surface area contributed by atoms with Gasteiger partial charge in [0.25, 0.3) is 5.91 Å². The second kappa shape index (κ2) is 16.6. The molecule has 12 nitrogen and oxygen atoms in total. The molecule has 0 bridgehead atoms. The van der Waals surface area contributed by atoms with Crippen LogP contribution < -0.4 is 16.0 Å². The second-order valence-corrected chi connectivity index (χ2v) is 11.3. The number of amides is 4. The summed E-state index contributed by atoms with van der Waals surface area (Å²) in [6.07, 6.45) is 4.32. The van der Waals surface area contributed by atoms with Gasteiger partial charge in [0.2, 0.25) is 5.91 Å². The van der Waals surface area contributed by atoms with E-state index < -0.39 is 17.3 Å². The maximum atomic E-state index is 12.3. The van der Waals surface area contributed by atoms with Crippen LogP contribution in [0.15, 0.2) is 0 Å².